The average molecular weight is 375 g/mol. The van der Waals surface area contributed by atoms with E-state index in [1.54, 1.807) is 0 Å². The van der Waals surface area contributed by atoms with Crippen molar-refractivity contribution in [1.82, 2.24) is 9.96 Å². The molecule has 7 nitrogen and oxygen atoms in total. The Hall–Kier alpha value is -2.41. The van der Waals surface area contributed by atoms with Gasteiger partial charge in [0.2, 0.25) is 0 Å². The maximum Gasteiger partial charge on any atom is 0.337 e. The Morgan fingerprint density at radius 2 is 1.78 bits per heavy atom. The Morgan fingerprint density at radius 1 is 1.11 bits per heavy atom. The van der Waals surface area contributed by atoms with Crippen molar-refractivity contribution in [3.63, 3.8) is 0 Å². The molecule has 0 unspecified atom stereocenters. The minimum atomic E-state index is -0.611. The topological polar surface area (TPSA) is 70.2 Å². The predicted molar refractivity (Wildman–Crippen MR) is 103 cm³/mol. The normalized spacial score (nSPS) is 14.1. The number of amides is 2. The second kappa shape index (κ2) is 10.1. The quantitative estimate of drug-likeness (QED) is 0.583. The molecule has 1 aromatic carbocycles. The number of benzene rings is 1. The van der Waals surface area contributed by atoms with Gasteiger partial charge in [-0.3, -0.25) is 9.59 Å². The number of hydrogen-bond acceptors (Lipinski definition) is 6. The first-order valence-electron chi connectivity index (χ1n) is 9.53. The van der Waals surface area contributed by atoms with E-state index in [-0.39, 0.29) is 19.3 Å². The fourth-order valence-electron chi connectivity index (χ4n) is 3.06. The molecule has 0 atom stereocenters. The van der Waals surface area contributed by atoms with Crippen LogP contribution in [0.3, 0.4) is 0 Å². The summed E-state index contributed by atoms with van der Waals surface area (Å²) < 4.78 is 0. The van der Waals surface area contributed by atoms with Crippen LogP contribution in [-0.2, 0) is 25.6 Å². The van der Waals surface area contributed by atoms with Gasteiger partial charge in [-0.05, 0) is 43.8 Å². The molecule has 27 heavy (non-hydrogen) atoms. The molecule has 0 saturated carbocycles. The van der Waals surface area contributed by atoms with Crippen LogP contribution in [0.15, 0.2) is 24.3 Å². The van der Waals surface area contributed by atoms with Crippen molar-refractivity contribution in [2.45, 2.75) is 39.5 Å². The second-order valence-corrected chi connectivity index (χ2v) is 6.69. The van der Waals surface area contributed by atoms with Gasteiger partial charge in [-0.15, -0.1) is 5.06 Å². The third kappa shape index (κ3) is 6.06. The molecule has 1 fully saturated rings. The number of carbonyl (C=O) groups excluding carboxylic acids is 3. The Labute approximate surface area is 160 Å². The lowest BCUT2D eigenvalue weighted by Gasteiger charge is -2.23. The number of carbonyl (C=O) groups is 3. The molecule has 0 bridgehead atoms. The Balaban J connectivity index is 1.87. The number of anilines is 1. The van der Waals surface area contributed by atoms with Gasteiger partial charge < -0.3 is 14.6 Å². The minimum Gasteiger partial charge on any atom is -0.375 e. The number of imide groups is 1. The molecule has 0 radical (unpaired) electrons. The van der Waals surface area contributed by atoms with Crippen molar-refractivity contribution in [2.24, 2.45) is 0 Å². The lowest BCUT2D eigenvalue weighted by Crippen LogP contribution is -2.32. The van der Waals surface area contributed by atoms with Crippen molar-refractivity contribution in [2.75, 3.05) is 38.1 Å². The summed E-state index contributed by atoms with van der Waals surface area (Å²) in [4.78, 5) is 44.6. The minimum absolute atomic E-state index is 0.0121. The van der Waals surface area contributed by atoms with Gasteiger partial charge in [-0.1, -0.05) is 26.0 Å². The molecule has 0 N–H and O–H groups in total. The highest BCUT2D eigenvalue weighted by Gasteiger charge is 2.32. The first-order chi connectivity index (χ1) is 12.9. The van der Waals surface area contributed by atoms with E-state index in [0.29, 0.717) is 5.06 Å². The van der Waals surface area contributed by atoms with E-state index < -0.39 is 17.8 Å². The van der Waals surface area contributed by atoms with Crippen molar-refractivity contribution < 1.29 is 19.2 Å². The highest BCUT2D eigenvalue weighted by Crippen LogP contribution is 2.17. The van der Waals surface area contributed by atoms with E-state index in [1.807, 2.05) is 31.3 Å². The molecule has 7 heteroatoms. The molecule has 1 saturated heterocycles. The molecule has 1 aliphatic rings. The monoisotopic (exact) mass is 375 g/mol. The summed E-state index contributed by atoms with van der Waals surface area (Å²) in [7, 11) is 2.03. The largest absolute Gasteiger partial charge is 0.375 e. The lowest BCUT2D eigenvalue weighted by atomic mass is 10.1. The Kier molecular flexibility index (Phi) is 7.79. The molecule has 0 aliphatic carbocycles. The molecule has 148 valence electrons. The van der Waals surface area contributed by atoms with Crippen molar-refractivity contribution in [1.29, 1.82) is 0 Å². The van der Waals surface area contributed by atoms with Crippen molar-refractivity contribution >= 4 is 23.5 Å². The maximum atomic E-state index is 12.1. The van der Waals surface area contributed by atoms with Gasteiger partial charge >= 0.3 is 5.97 Å². The number of hydroxylamine groups is 2. The van der Waals surface area contributed by atoms with Crippen molar-refractivity contribution in [3.05, 3.63) is 29.8 Å². The van der Waals surface area contributed by atoms with Crippen LogP contribution in [0.25, 0.3) is 0 Å². The SMILES string of the molecule is CCN(CC)CCCN(C)c1cccc(CC(=O)ON2C(=O)CCC2=O)c1. The summed E-state index contributed by atoms with van der Waals surface area (Å²) in [6.45, 7) is 8.42. The second-order valence-electron chi connectivity index (χ2n) is 6.69. The Morgan fingerprint density at radius 3 is 2.41 bits per heavy atom. The average Bonchev–Trinajstić information content (AvgIpc) is 2.97. The zero-order chi connectivity index (χ0) is 19.8. The van der Waals surface area contributed by atoms with E-state index >= 15 is 0 Å². The zero-order valence-electron chi connectivity index (χ0n) is 16.4. The summed E-state index contributed by atoms with van der Waals surface area (Å²) in [5.41, 5.74) is 1.81. The summed E-state index contributed by atoms with van der Waals surface area (Å²) >= 11 is 0. The molecular weight excluding hydrogens is 346 g/mol. The molecule has 2 rings (SSSR count). The van der Waals surface area contributed by atoms with Crippen LogP contribution in [0.5, 0.6) is 0 Å². The van der Waals surface area contributed by atoms with Gasteiger partial charge in [-0.2, -0.15) is 0 Å². The van der Waals surface area contributed by atoms with Crippen molar-refractivity contribution in [3.8, 4) is 0 Å². The van der Waals surface area contributed by atoms with Crippen LogP contribution < -0.4 is 4.90 Å². The smallest absolute Gasteiger partial charge is 0.337 e. The van der Waals surface area contributed by atoms with E-state index in [0.717, 1.165) is 43.9 Å². The van der Waals surface area contributed by atoms with Gasteiger partial charge in [0, 0.05) is 32.1 Å². The van der Waals surface area contributed by atoms with Crippen LogP contribution >= 0.6 is 0 Å². The first-order valence-corrected chi connectivity index (χ1v) is 9.53. The molecule has 0 aromatic heterocycles. The molecule has 0 spiro atoms. The van der Waals surface area contributed by atoms with Gasteiger partial charge in [0.05, 0.1) is 6.42 Å². The molecule has 2 amide bonds. The van der Waals surface area contributed by atoms with E-state index in [2.05, 4.69) is 23.6 Å². The standard InChI is InChI=1S/C20H29N3O4/c1-4-22(5-2)13-7-12-21(3)17-9-6-8-16(14-17)15-20(26)27-23-18(24)10-11-19(23)25/h6,8-9,14H,4-5,7,10-13,15H2,1-3H3. The van der Waals surface area contributed by atoms with Crippen LogP contribution in [0, 0.1) is 0 Å². The fourth-order valence-corrected chi connectivity index (χ4v) is 3.06. The summed E-state index contributed by atoms with van der Waals surface area (Å²) in [6, 6.07) is 7.67. The highest BCUT2D eigenvalue weighted by atomic mass is 16.7. The van der Waals surface area contributed by atoms with E-state index in [4.69, 9.17) is 4.84 Å². The van der Waals surface area contributed by atoms with E-state index in [1.165, 1.54) is 0 Å². The summed E-state index contributed by atoms with van der Waals surface area (Å²) in [6.07, 6.45) is 1.27. The number of hydrogen-bond donors (Lipinski definition) is 0. The molecule has 1 aromatic rings. The van der Waals surface area contributed by atoms with Gasteiger partial charge in [0.15, 0.2) is 0 Å². The van der Waals surface area contributed by atoms with E-state index in [9.17, 15) is 14.4 Å². The van der Waals surface area contributed by atoms with Crippen LogP contribution in [-0.4, -0.2) is 61.0 Å². The fraction of sp³-hybridized carbons (Fsp3) is 0.550. The van der Waals surface area contributed by atoms with Crippen LogP contribution in [0.2, 0.25) is 0 Å². The predicted octanol–water partition coefficient (Wildman–Crippen LogP) is 2.00. The molecular formula is C20H29N3O4. The van der Waals surface area contributed by atoms with Crippen LogP contribution in [0.1, 0.15) is 38.7 Å². The third-order valence-electron chi connectivity index (χ3n) is 4.76. The van der Waals surface area contributed by atoms with Gasteiger partial charge in [-0.25, -0.2) is 4.79 Å². The highest BCUT2D eigenvalue weighted by molar-refractivity contribution is 6.01. The van der Waals surface area contributed by atoms with Gasteiger partial charge in [0.25, 0.3) is 11.8 Å². The van der Waals surface area contributed by atoms with Crippen LogP contribution in [0.4, 0.5) is 5.69 Å². The summed E-state index contributed by atoms with van der Waals surface area (Å²) in [5, 5.41) is 0.589. The zero-order valence-corrected chi connectivity index (χ0v) is 16.4. The molecule has 1 aliphatic heterocycles. The maximum absolute atomic E-state index is 12.1. The number of rotatable bonds is 10. The number of nitrogens with zero attached hydrogens (tertiary/aromatic N) is 3. The van der Waals surface area contributed by atoms with Gasteiger partial charge in [0.1, 0.15) is 0 Å². The Bertz CT molecular complexity index is 657. The lowest BCUT2D eigenvalue weighted by molar-refractivity contribution is -0.197. The first kappa shape index (κ1) is 20.9. The third-order valence-corrected chi connectivity index (χ3v) is 4.76. The molecule has 1 heterocycles. The summed E-state index contributed by atoms with van der Waals surface area (Å²) in [5.74, 6) is -1.54.